The van der Waals surface area contributed by atoms with Gasteiger partial charge in [-0.3, -0.25) is 4.79 Å². The summed E-state index contributed by atoms with van der Waals surface area (Å²) in [6.07, 6.45) is 5.31. The van der Waals surface area contributed by atoms with Crippen LogP contribution in [0.4, 0.5) is 0 Å². The highest BCUT2D eigenvalue weighted by atomic mass is 35.5. The third-order valence-corrected chi connectivity index (χ3v) is 5.61. The molecule has 3 nitrogen and oxygen atoms in total. The van der Waals surface area contributed by atoms with Crippen molar-refractivity contribution in [2.24, 2.45) is 17.8 Å². The molecule has 0 heterocycles. The van der Waals surface area contributed by atoms with Gasteiger partial charge in [0.2, 0.25) is 0 Å². The first-order valence-electron chi connectivity index (χ1n) is 7.90. The van der Waals surface area contributed by atoms with Crippen LogP contribution < -0.4 is 10.1 Å². The Morgan fingerprint density at radius 3 is 2.82 bits per heavy atom. The zero-order chi connectivity index (χ0) is 15.7. The topological polar surface area (TPSA) is 38.3 Å². The smallest absolute Gasteiger partial charge is 0.258 e. The van der Waals surface area contributed by atoms with Gasteiger partial charge < -0.3 is 10.1 Å². The highest BCUT2D eigenvalue weighted by molar-refractivity contribution is 6.35. The molecule has 2 aliphatic carbocycles. The summed E-state index contributed by atoms with van der Waals surface area (Å²) in [4.78, 5) is 12.1. The van der Waals surface area contributed by atoms with E-state index >= 15 is 0 Å². The van der Waals surface area contributed by atoms with E-state index in [-0.39, 0.29) is 18.6 Å². The number of hydrogen-bond donors (Lipinski definition) is 1. The van der Waals surface area contributed by atoms with Crippen molar-refractivity contribution < 1.29 is 9.53 Å². The Morgan fingerprint density at radius 1 is 1.36 bits per heavy atom. The van der Waals surface area contributed by atoms with E-state index in [2.05, 4.69) is 12.2 Å². The van der Waals surface area contributed by atoms with Crippen molar-refractivity contribution >= 4 is 29.1 Å². The van der Waals surface area contributed by atoms with Gasteiger partial charge in [0.1, 0.15) is 5.75 Å². The molecule has 0 radical (unpaired) electrons. The van der Waals surface area contributed by atoms with E-state index in [1.807, 2.05) is 0 Å². The second kappa shape index (κ2) is 6.67. The minimum atomic E-state index is -0.0960. The number of nitrogens with one attached hydrogen (secondary N) is 1. The van der Waals surface area contributed by atoms with Crippen molar-refractivity contribution in [2.45, 2.75) is 38.6 Å². The molecule has 0 saturated heterocycles. The fourth-order valence-electron chi connectivity index (χ4n) is 4.04. The van der Waals surface area contributed by atoms with Crippen LogP contribution in [0.2, 0.25) is 10.0 Å². The molecule has 0 aliphatic heterocycles. The second-order valence-corrected chi connectivity index (χ2v) is 7.40. The van der Waals surface area contributed by atoms with E-state index in [9.17, 15) is 4.79 Å². The molecule has 4 atom stereocenters. The van der Waals surface area contributed by atoms with Gasteiger partial charge in [-0.05, 0) is 62.1 Å². The van der Waals surface area contributed by atoms with Crippen LogP contribution >= 0.6 is 23.2 Å². The monoisotopic (exact) mass is 341 g/mol. The number of carbonyl (C=O) groups excluding carboxylic acids is 1. The average Bonchev–Trinajstić information content (AvgIpc) is 3.09. The van der Waals surface area contributed by atoms with Gasteiger partial charge in [-0.2, -0.15) is 0 Å². The Balaban J connectivity index is 1.48. The fraction of sp³-hybridized carbons (Fsp3) is 0.588. The number of halogens is 2. The summed E-state index contributed by atoms with van der Waals surface area (Å²) in [6, 6.07) is 5.19. The fourth-order valence-corrected chi connectivity index (χ4v) is 4.51. The summed E-state index contributed by atoms with van der Waals surface area (Å²) in [5.41, 5.74) is 0. The van der Waals surface area contributed by atoms with Crippen LogP contribution in [0.3, 0.4) is 0 Å². The van der Waals surface area contributed by atoms with Crippen LogP contribution in [0.25, 0.3) is 0 Å². The minimum Gasteiger partial charge on any atom is -0.482 e. The maximum atomic E-state index is 12.1. The third kappa shape index (κ3) is 3.52. The second-order valence-electron chi connectivity index (χ2n) is 6.56. The van der Waals surface area contributed by atoms with Crippen LogP contribution in [0.1, 0.15) is 32.6 Å². The predicted octanol–water partition coefficient (Wildman–Crippen LogP) is 4.31. The van der Waals surface area contributed by atoms with E-state index in [1.165, 1.54) is 25.7 Å². The normalized spacial score (nSPS) is 27.7. The minimum absolute atomic E-state index is 0.0213. The molecule has 1 N–H and O–H groups in total. The summed E-state index contributed by atoms with van der Waals surface area (Å²) in [5, 5.41) is 4.04. The zero-order valence-electron chi connectivity index (χ0n) is 12.6. The van der Waals surface area contributed by atoms with Crippen molar-refractivity contribution in [3.05, 3.63) is 28.2 Å². The number of benzene rings is 1. The van der Waals surface area contributed by atoms with Crippen molar-refractivity contribution in [1.82, 2.24) is 5.32 Å². The number of amides is 1. The molecule has 3 rings (SSSR count). The molecule has 1 aromatic rings. The highest BCUT2D eigenvalue weighted by Crippen LogP contribution is 2.49. The van der Waals surface area contributed by atoms with Crippen LogP contribution in [0.15, 0.2) is 18.2 Å². The molecular formula is C17H21Cl2NO2. The zero-order valence-corrected chi connectivity index (χ0v) is 14.2. The number of carbonyl (C=O) groups is 1. The number of ether oxygens (including phenoxy) is 1. The molecule has 22 heavy (non-hydrogen) atoms. The molecule has 120 valence electrons. The molecule has 2 saturated carbocycles. The van der Waals surface area contributed by atoms with Crippen LogP contribution in [0, 0.1) is 17.8 Å². The number of rotatable bonds is 5. The van der Waals surface area contributed by atoms with Gasteiger partial charge in [0.25, 0.3) is 5.91 Å². The van der Waals surface area contributed by atoms with Crippen molar-refractivity contribution in [1.29, 1.82) is 0 Å². The van der Waals surface area contributed by atoms with Gasteiger partial charge in [0.05, 0.1) is 5.02 Å². The predicted molar refractivity (Wildman–Crippen MR) is 88.5 cm³/mol. The van der Waals surface area contributed by atoms with Crippen molar-refractivity contribution in [2.75, 3.05) is 6.61 Å². The lowest BCUT2D eigenvalue weighted by Gasteiger charge is -2.28. The maximum Gasteiger partial charge on any atom is 0.258 e. The molecule has 0 spiro atoms. The lowest BCUT2D eigenvalue weighted by Crippen LogP contribution is -2.42. The summed E-state index contributed by atoms with van der Waals surface area (Å²) in [5.74, 6) is 2.70. The quantitative estimate of drug-likeness (QED) is 0.866. The van der Waals surface area contributed by atoms with Crippen LogP contribution in [-0.4, -0.2) is 18.6 Å². The number of fused-ring (bicyclic) bond motifs is 2. The summed E-state index contributed by atoms with van der Waals surface area (Å²) in [7, 11) is 0. The van der Waals surface area contributed by atoms with E-state index in [0.717, 1.165) is 11.8 Å². The van der Waals surface area contributed by atoms with E-state index in [1.54, 1.807) is 18.2 Å². The van der Waals surface area contributed by atoms with E-state index in [0.29, 0.717) is 21.7 Å². The summed E-state index contributed by atoms with van der Waals surface area (Å²) < 4.78 is 5.48. The lowest BCUT2D eigenvalue weighted by molar-refractivity contribution is -0.124. The molecule has 0 aromatic heterocycles. The standard InChI is InChI=1S/C17H21Cl2NO2/c1-10(14-7-11-2-3-12(14)6-11)20-17(21)9-22-16-5-4-13(18)8-15(16)19/h4-5,8,10-12,14H,2-3,6-7,9H2,1H3,(H,20,21)/t10-,11+,12+,14+/m0/s1. The average molecular weight is 342 g/mol. The third-order valence-electron chi connectivity index (χ3n) is 5.08. The van der Waals surface area contributed by atoms with Gasteiger partial charge in [0, 0.05) is 11.1 Å². The van der Waals surface area contributed by atoms with Gasteiger partial charge in [0.15, 0.2) is 6.61 Å². The molecular weight excluding hydrogens is 321 g/mol. The first kappa shape index (κ1) is 15.9. The Kier molecular flexibility index (Phi) is 4.84. The highest BCUT2D eigenvalue weighted by Gasteiger charge is 2.42. The largest absolute Gasteiger partial charge is 0.482 e. The first-order valence-corrected chi connectivity index (χ1v) is 8.65. The molecule has 2 fully saturated rings. The maximum absolute atomic E-state index is 12.1. The Bertz CT molecular complexity index is 564. The lowest BCUT2D eigenvalue weighted by atomic mass is 9.84. The molecule has 1 amide bonds. The molecule has 1 aromatic carbocycles. The van der Waals surface area contributed by atoms with E-state index in [4.69, 9.17) is 27.9 Å². The van der Waals surface area contributed by atoms with E-state index < -0.39 is 0 Å². The van der Waals surface area contributed by atoms with Crippen molar-refractivity contribution in [3.63, 3.8) is 0 Å². The van der Waals surface area contributed by atoms with Gasteiger partial charge in [-0.25, -0.2) is 0 Å². The van der Waals surface area contributed by atoms with Gasteiger partial charge >= 0.3 is 0 Å². The molecule has 2 bridgehead atoms. The Hall–Kier alpha value is -0.930. The van der Waals surface area contributed by atoms with Crippen LogP contribution in [0.5, 0.6) is 5.75 Å². The van der Waals surface area contributed by atoms with Gasteiger partial charge in [-0.15, -0.1) is 0 Å². The summed E-state index contributed by atoms with van der Waals surface area (Å²) in [6.45, 7) is 2.09. The molecule has 0 unspecified atom stereocenters. The van der Waals surface area contributed by atoms with Crippen molar-refractivity contribution in [3.8, 4) is 5.75 Å². The Labute approximate surface area is 141 Å². The molecule has 5 heteroatoms. The Morgan fingerprint density at radius 2 is 2.18 bits per heavy atom. The van der Waals surface area contributed by atoms with Gasteiger partial charge in [-0.1, -0.05) is 29.6 Å². The first-order chi connectivity index (χ1) is 10.5. The summed E-state index contributed by atoms with van der Waals surface area (Å²) >= 11 is 11.9. The molecule has 2 aliphatic rings. The SMILES string of the molecule is C[C@H](NC(=O)COc1ccc(Cl)cc1Cl)[C@H]1C[C@@H]2CC[C@@H]1C2. The number of hydrogen-bond acceptors (Lipinski definition) is 2. The van der Waals surface area contributed by atoms with Crippen LogP contribution in [-0.2, 0) is 4.79 Å².